The lowest BCUT2D eigenvalue weighted by molar-refractivity contribution is -0.113. The van der Waals surface area contributed by atoms with E-state index in [1.807, 2.05) is 29.8 Å². The summed E-state index contributed by atoms with van der Waals surface area (Å²) in [6.45, 7) is 1.88. The van der Waals surface area contributed by atoms with Crippen LogP contribution >= 0.6 is 34.4 Å². The third-order valence-electron chi connectivity index (χ3n) is 2.33. The molecule has 0 aliphatic rings. The highest BCUT2D eigenvalue weighted by molar-refractivity contribution is 7.99. The second kappa shape index (κ2) is 6.37. The van der Waals surface area contributed by atoms with Crippen molar-refractivity contribution in [2.24, 2.45) is 0 Å². The fourth-order valence-electron chi connectivity index (χ4n) is 1.46. The monoisotopic (exact) mass is 338 g/mol. The summed E-state index contributed by atoms with van der Waals surface area (Å²) in [6, 6.07) is 3.82. The van der Waals surface area contributed by atoms with E-state index in [4.69, 9.17) is 4.42 Å². The van der Waals surface area contributed by atoms with Crippen LogP contribution in [0.25, 0.3) is 10.8 Å². The van der Waals surface area contributed by atoms with E-state index in [-0.39, 0.29) is 11.7 Å². The van der Waals surface area contributed by atoms with Gasteiger partial charge in [0.2, 0.25) is 5.91 Å². The topological polar surface area (TPSA) is 80.9 Å². The maximum Gasteiger partial charge on any atom is 0.277 e. The molecule has 3 aromatic rings. The van der Waals surface area contributed by atoms with Gasteiger partial charge in [0.25, 0.3) is 11.1 Å². The number of anilines is 1. The molecule has 0 aromatic carbocycles. The summed E-state index contributed by atoms with van der Waals surface area (Å²) in [5, 5.41) is 15.4. The minimum Gasteiger partial charge on any atom is -0.410 e. The summed E-state index contributed by atoms with van der Waals surface area (Å²) in [7, 11) is 0. The van der Waals surface area contributed by atoms with Crippen molar-refractivity contribution in [3.8, 4) is 10.8 Å². The summed E-state index contributed by atoms with van der Waals surface area (Å²) in [4.78, 5) is 16.9. The van der Waals surface area contributed by atoms with Gasteiger partial charge < -0.3 is 9.73 Å². The summed E-state index contributed by atoms with van der Waals surface area (Å²) in [6.07, 6.45) is 0. The second-order valence-corrected chi connectivity index (χ2v) is 6.71. The summed E-state index contributed by atoms with van der Waals surface area (Å²) in [5.74, 6) is 0.527. The molecule has 3 heterocycles. The number of rotatable bonds is 5. The van der Waals surface area contributed by atoms with Gasteiger partial charge in [0.15, 0.2) is 5.13 Å². The maximum absolute atomic E-state index is 11.8. The van der Waals surface area contributed by atoms with Crippen molar-refractivity contribution >= 4 is 45.5 Å². The van der Waals surface area contributed by atoms with E-state index in [0.717, 1.165) is 10.6 Å². The Kier molecular flexibility index (Phi) is 4.32. The molecule has 0 aliphatic carbocycles. The molecule has 21 heavy (non-hydrogen) atoms. The normalized spacial score (nSPS) is 10.7. The molecular weight excluding hydrogens is 328 g/mol. The first kappa shape index (κ1) is 14.2. The molecule has 3 aromatic heterocycles. The number of nitrogens with one attached hydrogen (secondary N) is 1. The highest BCUT2D eigenvalue weighted by Crippen LogP contribution is 2.26. The van der Waals surface area contributed by atoms with E-state index in [2.05, 4.69) is 20.5 Å². The van der Waals surface area contributed by atoms with E-state index < -0.39 is 0 Å². The summed E-state index contributed by atoms with van der Waals surface area (Å²) < 4.78 is 5.49. The number of aryl methyl sites for hydroxylation is 1. The highest BCUT2D eigenvalue weighted by atomic mass is 32.2. The van der Waals surface area contributed by atoms with Gasteiger partial charge in [-0.2, -0.15) is 0 Å². The molecular formula is C12H10N4O2S3. The van der Waals surface area contributed by atoms with Gasteiger partial charge in [-0.1, -0.05) is 17.8 Å². The molecule has 3 rings (SSSR count). The average molecular weight is 338 g/mol. The molecule has 0 fully saturated rings. The Morgan fingerprint density at radius 1 is 1.43 bits per heavy atom. The Hall–Kier alpha value is -1.71. The van der Waals surface area contributed by atoms with Crippen LogP contribution in [0.5, 0.6) is 0 Å². The lowest BCUT2D eigenvalue weighted by Crippen LogP contribution is -2.13. The first-order valence-electron chi connectivity index (χ1n) is 5.93. The number of amides is 1. The Balaban J connectivity index is 1.54. The minimum atomic E-state index is -0.148. The van der Waals surface area contributed by atoms with Gasteiger partial charge in [0.1, 0.15) is 0 Å². The van der Waals surface area contributed by atoms with Crippen molar-refractivity contribution in [3.63, 3.8) is 0 Å². The van der Waals surface area contributed by atoms with Crippen LogP contribution in [-0.4, -0.2) is 26.8 Å². The lowest BCUT2D eigenvalue weighted by Gasteiger charge is -1.98. The number of carbonyl (C=O) groups excluding carboxylic acids is 1. The van der Waals surface area contributed by atoms with Crippen molar-refractivity contribution in [2.45, 2.75) is 12.1 Å². The summed E-state index contributed by atoms with van der Waals surface area (Å²) >= 11 is 4.13. The fourth-order valence-corrected chi connectivity index (χ4v) is 3.37. The molecule has 1 N–H and O–H groups in total. The molecule has 6 nitrogen and oxygen atoms in total. The first-order chi connectivity index (χ1) is 10.2. The van der Waals surface area contributed by atoms with Crippen LogP contribution in [0, 0.1) is 6.92 Å². The fraction of sp³-hybridized carbons (Fsp3) is 0.167. The molecule has 0 saturated carbocycles. The molecule has 0 saturated heterocycles. The predicted octanol–water partition coefficient (Wildman–Crippen LogP) is 3.29. The van der Waals surface area contributed by atoms with Crippen molar-refractivity contribution in [1.82, 2.24) is 15.2 Å². The Morgan fingerprint density at radius 2 is 2.33 bits per heavy atom. The van der Waals surface area contributed by atoms with Gasteiger partial charge in [0, 0.05) is 5.38 Å². The van der Waals surface area contributed by atoms with Crippen molar-refractivity contribution < 1.29 is 9.21 Å². The predicted molar refractivity (Wildman–Crippen MR) is 83.8 cm³/mol. The third-order valence-corrected chi connectivity index (χ3v) is 4.88. The van der Waals surface area contributed by atoms with Crippen molar-refractivity contribution in [2.75, 3.05) is 11.1 Å². The van der Waals surface area contributed by atoms with Crippen LogP contribution in [0.4, 0.5) is 5.13 Å². The molecule has 0 atom stereocenters. The standard InChI is InChI=1S/C12H10N4O2S3/c1-7-5-20-11(13-7)14-9(17)6-21-12-16-15-10(18-12)8-3-2-4-19-8/h2-5H,6H2,1H3,(H,13,14,17). The number of thioether (sulfide) groups is 1. The molecule has 0 radical (unpaired) electrons. The van der Waals surface area contributed by atoms with Crippen LogP contribution in [0.15, 0.2) is 32.5 Å². The smallest absolute Gasteiger partial charge is 0.277 e. The van der Waals surface area contributed by atoms with Crippen molar-refractivity contribution in [1.29, 1.82) is 0 Å². The van der Waals surface area contributed by atoms with E-state index in [9.17, 15) is 4.79 Å². The molecule has 9 heteroatoms. The van der Waals surface area contributed by atoms with E-state index in [1.54, 1.807) is 0 Å². The second-order valence-electron chi connectivity index (χ2n) is 3.98. The number of hydrogen-bond acceptors (Lipinski definition) is 8. The van der Waals surface area contributed by atoms with Gasteiger partial charge in [0.05, 0.1) is 16.3 Å². The number of aromatic nitrogens is 3. The van der Waals surface area contributed by atoms with Crippen LogP contribution in [0.3, 0.4) is 0 Å². The van der Waals surface area contributed by atoms with Gasteiger partial charge in [-0.3, -0.25) is 4.79 Å². The highest BCUT2D eigenvalue weighted by Gasteiger charge is 2.12. The first-order valence-corrected chi connectivity index (χ1v) is 8.67. The van der Waals surface area contributed by atoms with Gasteiger partial charge in [-0.05, 0) is 18.4 Å². The van der Waals surface area contributed by atoms with E-state index >= 15 is 0 Å². The van der Waals surface area contributed by atoms with Gasteiger partial charge >= 0.3 is 0 Å². The SMILES string of the molecule is Cc1csc(NC(=O)CSc2nnc(-c3cccs3)o2)n1. The van der Waals surface area contributed by atoms with Crippen LogP contribution < -0.4 is 5.32 Å². The molecule has 0 spiro atoms. The quantitative estimate of drug-likeness (QED) is 0.719. The lowest BCUT2D eigenvalue weighted by atomic mass is 10.5. The Morgan fingerprint density at radius 3 is 3.05 bits per heavy atom. The molecule has 0 aliphatic heterocycles. The number of nitrogens with zero attached hydrogens (tertiary/aromatic N) is 3. The van der Waals surface area contributed by atoms with Gasteiger partial charge in [-0.15, -0.1) is 32.9 Å². The number of carbonyl (C=O) groups is 1. The van der Waals surface area contributed by atoms with Crippen LogP contribution in [0.2, 0.25) is 0 Å². The largest absolute Gasteiger partial charge is 0.410 e. The molecule has 108 valence electrons. The molecule has 0 bridgehead atoms. The minimum absolute atomic E-state index is 0.148. The van der Waals surface area contributed by atoms with Crippen LogP contribution in [0.1, 0.15) is 5.69 Å². The zero-order chi connectivity index (χ0) is 14.7. The third kappa shape index (κ3) is 3.69. The van der Waals surface area contributed by atoms with E-state index in [1.165, 1.54) is 34.4 Å². The maximum atomic E-state index is 11.8. The number of thiophene rings is 1. The van der Waals surface area contributed by atoms with Crippen molar-refractivity contribution in [3.05, 3.63) is 28.6 Å². The molecule has 1 amide bonds. The average Bonchev–Trinajstić information content (AvgIpc) is 3.17. The van der Waals surface area contributed by atoms with E-state index in [0.29, 0.717) is 16.2 Å². The number of hydrogen-bond donors (Lipinski definition) is 1. The molecule has 0 unspecified atom stereocenters. The summed E-state index contributed by atoms with van der Waals surface area (Å²) in [5.41, 5.74) is 0.889. The Labute approximate surface area is 132 Å². The Bertz CT molecular complexity index is 735. The zero-order valence-corrected chi connectivity index (χ0v) is 13.3. The van der Waals surface area contributed by atoms with Gasteiger partial charge in [-0.25, -0.2) is 4.98 Å². The number of thiazole rings is 1. The van der Waals surface area contributed by atoms with Crippen LogP contribution in [-0.2, 0) is 4.79 Å². The zero-order valence-electron chi connectivity index (χ0n) is 10.9.